The summed E-state index contributed by atoms with van der Waals surface area (Å²) in [6, 6.07) is 14.0. The number of hydrogen-bond acceptors (Lipinski definition) is 5. The predicted octanol–water partition coefficient (Wildman–Crippen LogP) is 4.15. The summed E-state index contributed by atoms with van der Waals surface area (Å²) in [4.78, 5) is 20.4. The predicted molar refractivity (Wildman–Crippen MR) is 104 cm³/mol. The highest BCUT2D eigenvalue weighted by atomic mass is 32.1. The Hall–Kier alpha value is -2.93. The minimum Gasteiger partial charge on any atom is -0.355 e. The van der Waals surface area contributed by atoms with E-state index < -0.39 is 0 Å². The van der Waals surface area contributed by atoms with Crippen LogP contribution in [0.1, 0.15) is 28.8 Å². The summed E-state index contributed by atoms with van der Waals surface area (Å²) in [5.41, 5.74) is 2.49. The number of hydrogen-bond donors (Lipinski definition) is 0. The Morgan fingerprint density at radius 1 is 1.26 bits per heavy atom. The molecule has 4 aromatic rings. The van der Waals surface area contributed by atoms with Gasteiger partial charge in [-0.05, 0) is 36.9 Å². The summed E-state index contributed by atoms with van der Waals surface area (Å²) in [6.07, 6.45) is 0.905. The highest BCUT2D eigenvalue weighted by Crippen LogP contribution is 2.30. The van der Waals surface area contributed by atoms with Crippen LogP contribution >= 0.6 is 11.3 Å². The van der Waals surface area contributed by atoms with Gasteiger partial charge in [-0.15, -0.1) is 11.3 Å². The van der Waals surface area contributed by atoms with Gasteiger partial charge >= 0.3 is 0 Å². The van der Waals surface area contributed by atoms with Crippen molar-refractivity contribution in [1.82, 2.24) is 19.6 Å². The Morgan fingerprint density at radius 3 is 3.00 bits per heavy atom. The molecule has 6 nitrogen and oxygen atoms in total. The van der Waals surface area contributed by atoms with Crippen molar-refractivity contribution in [3.8, 4) is 10.6 Å². The third kappa shape index (κ3) is 2.75. The number of amides is 1. The van der Waals surface area contributed by atoms with Gasteiger partial charge in [-0.1, -0.05) is 23.4 Å². The minimum absolute atomic E-state index is 0.0777. The number of benzene rings is 1. The van der Waals surface area contributed by atoms with Crippen LogP contribution < -0.4 is 0 Å². The molecular weight excluding hydrogens is 360 g/mol. The van der Waals surface area contributed by atoms with Crippen LogP contribution in [-0.2, 0) is 0 Å². The van der Waals surface area contributed by atoms with Crippen molar-refractivity contribution in [2.75, 3.05) is 13.1 Å². The molecule has 0 aliphatic carbocycles. The second-order valence-corrected chi connectivity index (χ2v) is 7.71. The average Bonchev–Trinajstić information content (AvgIpc) is 3.45. The fraction of sp³-hybridized carbons (Fsp3) is 0.250. The highest BCUT2D eigenvalue weighted by Gasteiger charge is 2.31. The number of thiophene rings is 1. The molecule has 1 aliphatic heterocycles. The van der Waals surface area contributed by atoms with Crippen molar-refractivity contribution in [1.29, 1.82) is 0 Å². The Balaban J connectivity index is 1.37. The molecule has 0 bridgehead atoms. The molecule has 0 saturated carbocycles. The molecule has 136 valence electrons. The van der Waals surface area contributed by atoms with Gasteiger partial charge in [-0.25, -0.2) is 4.98 Å². The van der Waals surface area contributed by atoms with Gasteiger partial charge in [0.25, 0.3) is 5.91 Å². The van der Waals surface area contributed by atoms with Gasteiger partial charge < -0.3 is 14.0 Å². The van der Waals surface area contributed by atoms with Crippen LogP contribution in [0.3, 0.4) is 0 Å². The lowest BCUT2D eigenvalue weighted by Gasteiger charge is -2.17. The van der Waals surface area contributed by atoms with Crippen LogP contribution in [0.15, 0.2) is 52.4 Å². The highest BCUT2D eigenvalue weighted by molar-refractivity contribution is 7.13. The Labute approximate surface area is 160 Å². The smallest absolute Gasteiger partial charge is 0.276 e. The first-order valence-corrected chi connectivity index (χ1v) is 9.82. The van der Waals surface area contributed by atoms with Gasteiger partial charge in [0.05, 0.1) is 22.0 Å². The Bertz CT molecular complexity index is 1110. The maximum absolute atomic E-state index is 12.9. The zero-order valence-electron chi connectivity index (χ0n) is 14.8. The first kappa shape index (κ1) is 16.3. The topological polar surface area (TPSA) is 64.2 Å². The molecule has 0 radical (unpaired) electrons. The molecule has 1 saturated heterocycles. The lowest BCUT2D eigenvalue weighted by atomic mass is 10.2. The second kappa shape index (κ2) is 6.35. The Morgan fingerprint density at radius 2 is 2.15 bits per heavy atom. The van der Waals surface area contributed by atoms with Crippen LogP contribution in [0.4, 0.5) is 0 Å². The van der Waals surface area contributed by atoms with Gasteiger partial charge in [0.1, 0.15) is 5.82 Å². The summed E-state index contributed by atoms with van der Waals surface area (Å²) in [6.45, 7) is 3.38. The average molecular weight is 378 g/mol. The normalized spacial score (nSPS) is 17.1. The molecule has 27 heavy (non-hydrogen) atoms. The van der Waals surface area contributed by atoms with E-state index in [1.807, 2.05) is 47.5 Å². The maximum atomic E-state index is 12.9. The molecule has 1 amide bonds. The zero-order valence-corrected chi connectivity index (χ0v) is 15.6. The lowest BCUT2D eigenvalue weighted by molar-refractivity contribution is 0.0777. The monoisotopic (exact) mass is 378 g/mol. The standard InChI is InChI=1S/C20H18N4O2S/c1-13-21-15-5-2-3-6-17(15)24(13)14-8-9-23(12-14)20(25)16-11-18(26-22-16)19-7-4-10-27-19/h2-7,10-11,14H,8-9,12H2,1H3/t14-/m0/s1. The van der Waals surface area contributed by atoms with Gasteiger partial charge in [0.2, 0.25) is 0 Å². The summed E-state index contributed by atoms with van der Waals surface area (Å²) in [7, 11) is 0. The number of rotatable bonds is 3. The van der Waals surface area contributed by atoms with E-state index in [0.29, 0.717) is 24.5 Å². The molecule has 0 unspecified atom stereocenters. The molecule has 3 aromatic heterocycles. The molecule has 7 heteroatoms. The summed E-state index contributed by atoms with van der Waals surface area (Å²) in [5.74, 6) is 1.54. The largest absolute Gasteiger partial charge is 0.355 e. The van der Waals surface area contributed by atoms with Crippen molar-refractivity contribution < 1.29 is 9.32 Å². The number of fused-ring (bicyclic) bond motifs is 1. The minimum atomic E-state index is -0.0777. The van der Waals surface area contributed by atoms with E-state index in [1.54, 1.807) is 17.4 Å². The van der Waals surface area contributed by atoms with Crippen molar-refractivity contribution >= 4 is 28.3 Å². The van der Waals surface area contributed by atoms with E-state index in [1.165, 1.54) is 0 Å². The number of carbonyl (C=O) groups excluding carboxylic acids is 1. The summed E-state index contributed by atoms with van der Waals surface area (Å²) in [5, 5.41) is 5.97. The van der Waals surface area contributed by atoms with E-state index in [-0.39, 0.29) is 11.9 Å². The number of aryl methyl sites for hydroxylation is 1. The number of nitrogens with zero attached hydrogens (tertiary/aromatic N) is 4. The molecule has 0 N–H and O–H groups in total. The van der Waals surface area contributed by atoms with Crippen molar-refractivity contribution in [2.24, 2.45) is 0 Å². The van der Waals surface area contributed by atoms with Crippen LogP contribution in [-0.4, -0.2) is 38.6 Å². The van der Waals surface area contributed by atoms with Crippen LogP contribution in [0.25, 0.3) is 21.7 Å². The fourth-order valence-corrected chi connectivity index (χ4v) is 4.51. The summed E-state index contributed by atoms with van der Waals surface area (Å²) < 4.78 is 7.62. The van der Waals surface area contributed by atoms with Crippen molar-refractivity contribution in [3.05, 3.63) is 59.4 Å². The SMILES string of the molecule is Cc1nc2ccccc2n1[C@H]1CCN(C(=O)c2cc(-c3cccs3)on2)C1. The molecule has 1 fully saturated rings. The third-order valence-electron chi connectivity index (χ3n) is 5.08. The summed E-state index contributed by atoms with van der Waals surface area (Å²) >= 11 is 1.57. The van der Waals surface area contributed by atoms with E-state index in [0.717, 1.165) is 28.2 Å². The zero-order chi connectivity index (χ0) is 18.4. The molecule has 5 rings (SSSR count). The first-order chi connectivity index (χ1) is 13.2. The second-order valence-electron chi connectivity index (χ2n) is 6.77. The molecule has 4 heterocycles. The third-order valence-corrected chi connectivity index (χ3v) is 5.97. The van der Waals surface area contributed by atoms with Gasteiger partial charge in [0, 0.05) is 19.2 Å². The number of carbonyl (C=O) groups is 1. The molecule has 1 atom stereocenters. The van der Waals surface area contributed by atoms with Crippen molar-refractivity contribution in [3.63, 3.8) is 0 Å². The van der Waals surface area contributed by atoms with Crippen LogP contribution in [0, 0.1) is 6.92 Å². The Kier molecular flexibility index (Phi) is 3.82. The van der Waals surface area contributed by atoms with Crippen LogP contribution in [0.5, 0.6) is 0 Å². The quantitative estimate of drug-likeness (QED) is 0.537. The van der Waals surface area contributed by atoms with Crippen molar-refractivity contribution in [2.45, 2.75) is 19.4 Å². The van der Waals surface area contributed by atoms with E-state index in [2.05, 4.69) is 20.8 Å². The molecule has 1 aliphatic rings. The first-order valence-electron chi connectivity index (χ1n) is 8.94. The number of likely N-dealkylation sites (tertiary alicyclic amines) is 1. The molecule has 1 aromatic carbocycles. The van der Waals surface area contributed by atoms with Gasteiger partial charge in [-0.2, -0.15) is 0 Å². The van der Waals surface area contributed by atoms with Gasteiger partial charge in [-0.3, -0.25) is 4.79 Å². The van der Waals surface area contributed by atoms with Gasteiger partial charge in [0.15, 0.2) is 11.5 Å². The molecular formula is C20H18N4O2S. The number of para-hydroxylation sites is 2. The lowest BCUT2D eigenvalue weighted by Crippen LogP contribution is -2.29. The maximum Gasteiger partial charge on any atom is 0.276 e. The van der Waals surface area contributed by atoms with E-state index in [9.17, 15) is 4.79 Å². The molecule has 0 spiro atoms. The van der Waals surface area contributed by atoms with E-state index in [4.69, 9.17) is 4.52 Å². The number of aromatic nitrogens is 3. The fourth-order valence-electron chi connectivity index (χ4n) is 3.84. The van der Waals surface area contributed by atoms with E-state index >= 15 is 0 Å². The van der Waals surface area contributed by atoms with Crippen LogP contribution in [0.2, 0.25) is 0 Å². The number of imidazole rings is 1.